The Labute approximate surface area is 108 Å². The molecule has 1 N–H and O–H groups in total. The van der Waals surface area contributed by atoms with Crippen LogP contribution in [0.5, 0.6) is 0 Å². The molecule has 0 radical (unpaired) electrons. The lowest BCUT2D eigenvalue weighted by Gasteiger charge is -2.21. The van der Waals surface area contributed by atoms with Crippen LogP contribution in [0.25, 0.3) is 0 Å². The Hall–Kier alpha value is -1.35. The van der Waals surface area contributed by atoms with Crippen LogP contribution in [0.3, 0.4) is 0 Å². The number of hydrogen-bond acceptors (Lipinski definition) is 3. The zero-order valence-corrected chi connectivity index (χ0v) is 10.9. The van der Waals surface area contributed by atoms with E-state index in [1.54, 1.807) is 6.92 Å². The van der Waals surface area contributed by atoms with E-state index in [4.69, 9.17) is 4.74 Å². The highest BCUT2D eigenvalue weighted by Crippen LogP contribution is 2.35. The molecule has 1 aliphatic heterocycles. The number of allylic oxidation sites excluding steroid dienone is 2. The molecule has 18 heavy (non-hydrogen) atoms. The Kier molecular flexibility index (Phi) is 3.71. The van der Waals surface area contributed by atoms with E-state index in [0.717, 1.165) is 12.8 Å². The van der Waals surface area contributed by atoms with Crippen molar-refractivity contribution in [2.45, 2.75) is 38.9 Å². The molecule has 1 aliphatic carbocycles. The maximum atomic E-state index is 11.4. The lowest BCUT2D eigenvalue weighted by atomic mass is 9.85. The largest absolute Gasteiger partial charge is 0.454 e. The molecule has 0 spiro atoms. The van der Waals surface area contributed by atoms with Crippen LogP contribution >= 0.6 is 0 Å². The zero-order chi connectivity index (χ0) is 13.3. The number of ether oxygens (including phenoxy) is 1. The molecular weight excluding hydrogens is 228 g/mol. The van der Waals surface area contributed by atoms with Gasteiger partial charge in [-0.05, 0) is 37.3 Å². The van der Waals surface area contributed by atoms with Crippen molar-refractivity contribution in [3.8, 4) is 0 Å². The van der Waals surface area contributed by atoms with Crippen LogP contribution in [-0.4, -0.2) is 23.3 Å². The second-order valence-corrected chi connectivity index (χ2v) is 5.27. The zero-order valence-electron chi connectivity index (χ0n) is 10.9. The van der Waals surface area contributed by atoms with Crippen LogP contribution in [0.4, 0.5) is 0 Å². The van der Waals surface area contributed by atoms with Crippen LogP contribution < -0.4 is 0 Å². The average Bonchev–Trinajstić information content (AvgIpc) is 2.61. The molecule has 2 rings (SSSR count). The van der Waals surface area contributed by atoms with Crippen LogP contribution in [0.1, 0.15) is 26.7 Å². The minimum Gasteiger partial charge on any atom is -0.454 e. The highest BCUT2D eigenvalue weighted by atomic mass is 16.5. The van der Waals surface area contributed by atoms with E-state index in [0.29, 0.717) is 11.5 Å². The summed E-state index contributed by atoms with van der Waals surface area (Å²) >= 11 is 0. The third kappa shape index (κ3) is 2.56. The van der Waals surface area contributed by atoms with Gasteiger partial charge in [0.05, 0.1) is 6.10 Å². The number of carbonyl (C=O) groups is 1. The second kappa shape index (κ2) is 5.11. The smallest absolute Gasteiger partial charge is 0.334 e. The van der Waals surface area contributed by atoms with E-state index in [2.05, 4.69) is 19.6 Å². The summed E-state index contributed by atoms with van der Waals surface area (Å²) in [6, 6.07) is 0. The molecule has 1 saturated heterocycles. The van der Waals surface area contributed by atoms with E-state index in [-0.39, 0.29) is 24.1 Å². The molecule has 3 heteroatoms. The van der Waals surface area contributed by atoms with E-state index in [9.17, 15) is 9.90 Å². The summed E-state index contributed by atoms with van der Waals surface area (Å²) in [6.45, 7) is 7.69. The molecule has 0 aromatic carbocycles. The summed E-state index contributed by atoms with van der Waals surface area (Å²) < 4.78 is 5.27. The number of aliphatic hydroxyl groups is 1. The molecular formula is C15H20O3. The Balaban J connectivity index is 2.02. The maximum absolute atomic E-state index is 11.4. The summed E-state index contributed by atoms with van der Waals surface area (Å²) in [4.78, 5) is 11.4. The first-order chi connectivity index (χ1) is 8.49. The summed E-state index contributed by atoms with van der Waals surface area (Å²) in [5.74, 6) is 0.0818. The van der Waals surface area contributed by atoms with Crippen molar-refractivity contribution in [1.82, 2.24) is 0 Å². The molecule has 2 aliphatic rings. The van der Waals surface area contributed by atoms with Crippen LogP contribution in [0, 0.1) is 11.8 Å². The Morgan fingerprint density at radius 3 is 2.83 bits per heavy atom. The van der Waals surface area contributed by atoms with Crippen LogP contribution in [-0.2, 0) is 9.53 Å². The first-order valence-corrected chi connectivity index (χ1v) is 6.46. The van der Waals surface area contributed by atoms with Gasteiger partial charge in [-0.15, -0.1) is 0 Å². The SMILES string of the molecule is C=C1C(=O)OC2C=C(C(C)CCC(C)O)C=CC12. The fraction of sp³-hybridized carbons (Fsp3) is 0.533. The van der Waals surface area contributed by atoms with Gasteiger partial charge in [-0.1, -0.05) is 25.7 Å². The second-order valence-electron chi connectivity index (χ2n) is 5.27. The molecule has 4 unspecified atom stereocenters. The predicted molar refractivity (Wildman–Crippen MR) is 69.8 cm³/mol. The van der Waals surface area contributed by atoms with Crippen LogP contribution in [0.2, 0.25) is 0 Å². The van der Waals surface area contributed by atoms with Gasteiger partial charge < -0.3 is 9.84 Å². The van der Waals surface area contributed by atoms with Gasteiger partial charge in [-0.2, -0.15) is 0 Å². The normalized spacial score (nSPS) is 29.6. The number of rotatable bonds is 4. The van der Waals surface area contributed by atoms with Crippen LogP contribution in [0.15, 0.2) is 36.0 Å². The quantitative estimate of drug-likeness (QED) is 0.613. The van der Waals surface area contributed by atoms with Gasteiger partial charge in [0.25, 0.3) is 0 Å². The number of fused-ring (bicyclic) bond motifs is 1. The monoisotopic (exact) mass is 248 g/mol. The molecule has 0 bridgehead atoms. The van der Waals surface area contributed by atoms with Crippen molar-refractivity contribution in [3.05, 3.63) is 36.0 Å². The van der Waals surface area contributed by atoms with Gasteiger partial charge in [-0.25, -0.2) is 4.79 Å². The predicted octanol–water partition coefficient (Wildman–Crippen LogP) is 2.38. The number of hydrogen-bond donors (Lipinski definition) is 1. The molecule has 0 aromatic rings. The number of carbonyl (C=O) groups excluding carboxylic acids is 1. The fourth-order valence-electron chi connectivity index (χ4n) is 2.42. The van der Waals surface area contributed by atoms with E-state index in [1.165, 1.54) is 5.57 Å². The fourth-order valence-corrected chi connectivity index (χ4v) is 2.42. The summed E-state index contributed by atoms with van der Waals surface area (Å²) in [6.07, 6.45) is 7.35. The van der Waals surface area contributed by atoms with Gasteiger partial charge in [0.15, 0.2) is 0 Å². The molecule has 1 fully saturated rings. The first-order valence-electron chi connectivity index (χ1n) is 6.46. The Morgan fingerprint density at radius 1 is 1.44 bits per heavy atom. The van der Waals surface area contributed by atoms with Crippen molar-refractivity contribution in [3.63, 3.8) is 0 Å². The Morgan fingerprint density at radius 2 is 2.17 bits per heavy atom. The van der Waals surface area contributed by atoms with Gasteiger partial charge in [0, 0.05) is 11.5 Å². The number of esters is 1. The van der Waals surface area contributed by atoms with Gasteiger partial charge in [0.2, 0.25) is 0 Å². The minimum atomic E-state index is -0.288. The summed E-state index contributed by atoms with van der Waals surface area (Å²) in [5.41, 5.74) is 1.72. The minimum absolute atomic E-state index is 0.00483. The summed E-state index contributed by atoms with van der Waals surface area (Å²) in [7, 11) is 0. The molecule has 0 saturated carbocycles. The van der Waals surface area contributed by atoms with Crippen molar-refractivity contribution in [2.24, 2.45) is 11.8 Å². The third-order valence-corrected chi connectivity index (χ3v) is 3.70. The highest BCUT2D eigenvalue weighted by Gasteiger charge is 2.37. The molecule has 1 heterocycles. The molecule has 98 valence electrons. The van der Waals surface area contributed by atoms with Crippen molar-refractivity contribution in [1.29, 1.82) is 0 Å². The topological polar surface area (TPSA) is 46.5 Å². The number of aliphatic hydroxyl groups excluding tert-OH is 1. The molecule has 4 atom stereocenters. The van der Waals surface area contributed by atoms with E-state index < -0.39 is 0 Å². The van der Waals surface area contributed by atoms with Gasteiger partial charge in [0.1, 0.15) is 6.10 Å². The molecule has 0 aromatic heterocycles. The maximum Gasteiger partial charge on any atom is 0.334 e. The summed E-state index contributed by atoms with van der Waals surface area (Å²) in [5, 5.41) is 9.30. The molecule has 3 nitrogen and oxygen atoms in total. The highest BCUT2D eigenvalue weighted by molar-refractivity contribution is 5.91. The van der Waals surface area contributed by atoms with Crippen molar-refractivity contribution in [2.75, 3.05) is 0 Å². The Bertz CT molecular complexity index is 417. The average molecular weight is 248 g/mol. The standard InChI is InChI=1S/C15H20O3/c1-9(4-5-10(2)16)12-6-7-13-11(3)15(17)18-14(13)8-12/h6-10,13-14,16H,3-5H2,1-2H3. The van der Waals surface area contributed by atoms with Gasteiger partial charge in [-0.3, -0.25) is 0 Å². The van der Waals surface area contributed by atoms with Gasteiger partial charge >= 0.3 is 5.97 Å². The van der Waals surface area contributed by atoms with Crippen molar-refractivity contribution >= 4 is 5.97 Å². The lowest BCUT2D eigenvalue weighted by Crippen LogP contribution is -2.17. The lowest BCUT2D eigenvalue weighted by molar-refractivity contribution is -0.137. The van der Waals surface area contributed by atoms with E-state index in [1.807, 2.05) is 12.2 Å². The van der Waals surface area contributed by atoms with E-state index >= 15 is 0 Å². The van der Waals surface area contributed by atoms with Crippen molar-refractivity contribution < 1.29 is 14.6 Å². The first kappa shape index (κ1) is 13.1. The third-order valence-electron chi connectivity index (χ3n) is 3.70. The molecule has 0 amide bonds.